The number of aromatic nitrogens is 2. The molecule has 0 amide bonds. The van der Waals surface area contributed by atoms with Gasteiger partial charge < -0.3 is 5.84 Å². The summed E-state index contributed by atoms with van der Waals surface area (Å²) in [7, 11) is 0. The van der Waals surface area contributed by atoms with Gasteiger partial charge in [0.05, 0.1) is 0 Å². The van der Waals surface area contributed by atoms with Crippen molar-refractivity contribution in [3.63, 3.8) is 0 Å². The summed E-state index contributed by atoms with van der Waals surface area (Å²) in [4.78, 5) is 15.7. The maximum atomic E-state index is 11.6. The quantitative estimate of drug-likeness (QED) is 0.671. The first-order valence-electron chi connectivity index (χ1n) is 4.48. The van der Waals surface area contributed by atoms with Crippen LogP contribution in [0.5, 0.6) is 0 Å². The summed E-state index contributed by atoms with van der Waals surface area (Å²) >= 11 is 0. The molecule has 2 aromatic heterocycles. The van der Waals surface area contributed by atoms with Crippen molar-refractivity contribution < 1.29 is 0 Å². The van der Waals surface area contributed by atoms with E-state index in [9.17, 15) is 4.79 Å². The van der Waals surface area contributed by atoms with Gasteiger partial charge in [-0.05, 0) is 24.6 Å². The molecule has 0 aliphatic carbocycles. The highest BCUT2D eigenvalue weighted by molar-refractivity contribution is 5.75. The highest BCUT2D eigenvalue weighted by atomic mass is 16.1. The van der Waals surface area contributed by atoms with E-state index < -0.39 is 0 Å². The Balaban J connectivity index is 2.92. The lowest BCUT2D eigenvalue weighted by Gasteiger charge is -2.05. The highest BCUT2D eigenvalue weighted by Crippen LogP contribution is 2.08. The zero-order valence-electron chi connectivity index (χ0n) is 7.90. The van der Waals surface area contributed by atoms with Gasteiger partial charge in [0.25, 0.3) is 5.56 Å². The minimum Gasteiger partial charge on any atom is -0.334 e. The van der Waals surface area contributed by atoms with E-state index in [1.54, 1.807) is 6.20 Å². The summed E-state index contributed by atoms with van der Waals surface area (Å²) in [5.41, 5.74) is 1.07. The third-order valence-corrected chi connectivity index (χ3v) is 2.25. The van der Waals surface area contributed by atoms with Crippen LogP contribution in [-0.4, -0.2) is 9.66 Å². The molecule has 0 saturated carbocycles. The highest BCUT2D eigenvalue weighted by Gasteiger charge is 2.05. The molecule has 2 rings (SSSR count). The maximum Gasteiger partial charge on any atom is 0.273 e. The van der Waals surface area contributed by atoms with Crippen molar-refractivity contribution in [3.05, 3.63) is 40.3 Å². The van der Waals surface area contributed by atoms with Crippen LogP contribution in [0.25, 0.3) is 11.0 Å². The molecule has 0 fully saturated rings. The molecule has 0 saturated heterocycles. The molecule has 4 heteroatoms. The molecule has 14 heavy (non-hydrogen) atoms. The zero-order chi connectivity index (χ0) is 10.1. The predicted octanol–water partition coefficient (Wildman–Crippen LogP) is 0.673. The fraction of sp³-hybridized carbons (Fsp3) is 0.200. The lowest BCUT2D eigenvalue weighted by atomic mass is 10.2. The monoisotopic (exact) mass is 189 g/mol. The zero-order valence-corrected chi connectivity index (χ0v) is 7.90. The lowest BCUT2D eigenvalue weighted by Crippen LogP contribution is -2.30. The molecule has 0 atom stereocenters. The van der Waals surface area contributed by atoms with E-state index in [1.165, 1.54) is 0 Å². The van der Waals surface area contributed by atoms with Crippen molar-refractivity contribution in [2.45, 2.75) is 13.3 Å². The second-order valence-corrected chi connectivity index (χ2v) is 3.11. The average Bonchev–Trinajstić information content (AvgIpc) is 2.23. The lowest BCUT2D eigenvalue weighted by molar-refractivity contribution is 0.923. The molecule has 0 spiro atoms. The fourth-order valence-electron chi connectivity index (χ4n) is 1.48. The fourth-order valence-corrected chi connectivity index (χ4v) is 1.48. The Hall–Kier alpha value is -1.84. The minimum absolute atomic E-state index is 0.168. The van der Waals surface area contributed by atoms with Crippen molar-refractivity contribution >= 4 is 11.0 Å². The number of nitrogens with two attached hydrogens (primary N) is 1. The largest absolute Gasteiger partial charge is 0.334 e. The van der Waals surface area contributed by atoms with Gasteiger partial charge in [-0.15, -0.1) is 0 Å². The van der Waals surface area contributed by atoms with E-state index in [0.717, 1.165) is 10.1 Å². The van der Waals surface area contributed by atoms with Crippen molar-refractivity contribution in [1.82, 2.24) is 9.66 Å². The van der Waals surface area contributed by atoms with Gasteiger partial charge in [0.1, 0.15) is 0 Å². The number of rotatable bonds is 1. The molecular formula is C10H11N3O. The summed E-state index contributed by atoms with van der Waals surface area (Å²) in [5, 5.41) is 0.895. The number of nitrogens with zero attached hydrogens (tertiary/aromatic N) is 2. The molecule has 0 unspecified atom stereocenters. The number of nitrogen functional groups attached to an aromatic ring is 1. The Bertz CT molecular complexity index is 530. The van der Waals surface area contributed by atoms with E-state index >= 15 is 0 Å². The SMILES string of the molecule is CCc1cc2cccnc2n(N)c1=O. The van der Waals surface area contributed by atoms with Crippen LogP contribution in [0, 0.1) is 0 Å². The third kappa shape index (κ3) is 1.16. The molecule has 72 valence electrons. The summed E-state index contributed by atoms with van der Waals surface area (Å²) in [6.07, 6.45) is 2.30. The molecule has 0 aliphatic rings. The van der Waals surface area contributed by atoms with E-state index in [4.69, 9.17) is 5.84 Å². The normalized spacial score (nSPS) is 10.6. The van der Waals surface area contributed by atoms with Gasteiger partial charge >= 0.3 is 0 Å². The molecule has 0 bridgehead atoms. The van der Waals surface area contributed by atoms with Gasteiger partial charge in [-0.3, -0.25) is 4.79 Å². The Morgan fingerprint density at radius 3 is 3.07 bits per heavy atom. The number of hydrogen-bond donors (Lipinski definition) is 1. The maximum absolute atomic E-state index is 11.6. The Kier molecular flexibility index (Phi) is 1.96. The van der Waals surface area contributed by atoms with E-state index in [0.29, 0.717) is 17.6 Å². The van der Waals surface area contributed by atoms with Crippen LogP contribution in [0.15, 0.2) is 29.2 Å². The Morgan fingerprint density at radius 1 is 1.57 bits per heavy atom. The van der Waals surface area contributed by atoms with Crippen molar-refractivity contribution in [2.24, 2.45) is 0 Å². The molecule has 0 aliphatic heterocycles. The van der Waals surface area contributed by atoms with Crippen LogP contribution in [-0.2, 0) is 6.42 Å². The van der Waals surface area contributed by atoms with Gasteiger partial charge in [-0.25, -0.2) is 9.66 Å². The van der Waals surface area contributed by atoms with Crippen LogP contribution in [0.3, 0.4) is 0 Å². The van der Waals surface area contributed by atoms with E-state index in [-0.39, 0.29) is 5.56 Å². The number of aryl methyl sites for hydroxylation is 1. The molecule has 0 aromatic carbocycles. The van der Waals surface area contributed by atoms with Crippen LogP contribution in [0.2, 0.25) is 0 Å². The summed E-state index contributed by atoms with van der Waals surface area (Å²) in [6, 6.07) is 5.56. The van der Waals surface area contributed by atoms with Crippen molar-refractivity contribution in [1.29, 1.82) is 0 Å². The average molecular weight is 189 g/mol. The van der Waals surface area contributed by atoms with Crippen LogP contribution < -0.4 is 11.4 Å². The number of hydrogen-bond acceptors (Lipinski definition) is 3. The first-order valence-corrected chi connectivity index (χ1v) is 4.48. The second-order valence-electron chi connectivity index (χ2n) is 3.11. The number of fused-ring (bicyclic) bond motifs is 1. The third-order valence-electron chi connectivity index (χ3n) is 2.25. The molecule has 2 aromatic rings. The molecule has 2 heterocycles. The van der Waals surface area contributed by atoms with Gasteiger partial charge in [0.15, 0.2) is 5.65 Å². The van der Waals surface area contributed by atoms with Crippen LogP contribution in [0.4, 0.5) is 0 Å². The minimum atomic E-state index is -0.168. The number of pyridine rings is 2. The van der Waals surface area contributed by atoms with Gasteiger partial charge in [0, 0.05) is 17.1 Å². The molecule has 2 N–H and O–H groups in total. The van der Waals surface area contributed by atoms with Gasteiger partial charge in [-0.1, -0.05) is 6.92 Å². The topological polar surface area (TPSA) is 60.9 Å². The first-order chi connectivity index (χ1) is 6.74. The Labute approximate surface area is 81.0 Å². The second kappa shape index (κ2) is 3.14. The summed E-state index contributed by atoms with van der Waals surface area (Å²) in [5.74, 6) is 5.64. The standard InChI is InChI=1S/C10H11N3O/c1-2-7-6-8-4-3-5-12-9(8)13(11)10(7)14/h3-6H,2,11H2,1H3. The molecule has 0 radical (unpaired) electrons. The first kappa shape index (κ1) is 8.74. The van der Waals surface area contributed by atoms with Crippen molar-refractivity contribution in [3.8, 4) is 0 Å². The predicted molar refractivity (Wildman–Crippen MR) is 55.5 cm³/mol. The van der Waals surface area contributed by atoms with Crippen molar-refractivity contribution in [2.75, 3.05) is 5.84 Å². The smallest absolute Gasteiger partial charge is 0.273 e. The van der Waals surface area contributed by atoms with E-state index in [2.05, 4.69) is 4.98 Å². The van der Waals surface area contributed by atoms with Crippen LogP contribution >= 0.6 is 0 Å². The van der Waals surface area contributed by atoms with Gasteiger partial charge in [0.2, 0.25) is 0 Å². The molecule has 4 nitrogen and oxygen atoms in total. The summed E-state index contributed by atoms with van der Waals surface area (Å²) in [6.45, 7) is 1.93. The van der Waals surface area contributed by atoms with Crippen LogP contribution in [0.1, 0.15) is 12.5 Å². The van der Waals surface area contributed by atoms with E-state index in [1.807, 2.05) is 25.1 Å². The molecular weight excluding hydrogens is 178 g/mol. The summed E-state index contributed by atoms with van der Waals surface area (Å²) < 4.78 is 1.11. The van der Waals surface area contributed by atoms with Gasteiger partial charge in [-0.2, -0.15) is 0 Å². The Morgan fingerprint density at radius 2 is 2.36 bits per heavy atom.